The second kappa shape index (κ2) is 9.74. The number of rotatable bonds is 6. The molecule has 4 rings (SSSR count). The molecule has 7 nitrogen and oxygen atoms in total. The Morgan fingerprint density at radius 3 is 2.65 bits per heavy atom. The molecule has 2 N–H and O–H groups in total. The summed E-state index contributed by atoms with van der Waals surface area (Å²) in [5.74, 6) is 0.373. The lowest BCUT2D eigenvalue weighted by atomic mass is 9.88. The fraction of sp³-hybridized carbons (Fsp3) is 0.286. The van der Waals surface area contributed by atoms with E-state index in [9.17, 15) is 14.6 Å². The summed E-state index contributed by atoms with van der Waals surface area (Å²) in [5, 5.41) is 28.1. The minimum absolute atomic E-state index is 0. The van der Waals surface area contributed by atoms with E-state index in [4.69, 9.17) is 4.74 Å². The molecule has 0 spiro atoms. The monoisotopic (exact) mass is 468 g/mol. The quantitative estimate of drug-likeness (QED) is 0.448. The van der Waals surface area contributed by atoms with Crippen LogP contribution in [-0.4, -0.2) is 49.1 Å². The van der Waals surface area contributed by atoms with Crippen molar-refractivity contribution in [2.45, 2.75) is 20.0 Å². The molecule has 0 fully saturated rings. The summed E-state index contributed by atoms with van der Waals surface area (Å²) in [5.41, 5.74) is 1.02. The third-order valence-corrected chi connectivity index (χ3v) is 4.94. The van der Waals surface area contributed by atoms with Gasteiger partial charge in [-0.05, 0) is 24.3 Å². The second-order valence-corrected chi connectivity index (χ2v) is 7.60. The average molecular weight is 469 g/mol. The van der Waals surface area contributed by atoms with E-state index in [0.29, 0.717) is 28.1 Å². The van der Waals surface area contributed by atoms with Crippen molar-refractivity contribution < 1.29 is 19.3 Å². The molecule has 0 bridgehead atoms. The maximum Gasteiger partial charge on any atom is 0.187 e. The SMILES string of the molecule is CC(C)(COc1cc(F)cc2ccc(-c3nnc4ccccn34)nc12)C(O)CO.Cl.Cl. The van der Waals surface area contributed by atoms with Crippen LogP contribution in [0.25, 0.3) is 28.1 Å². The molecule has 3 heterocycles. The van der Waals surface area contributed by atoms with Crippen molar-refractivity contribution in [3.8, 4) is 17.3 Å². The van der Waals surface area contributed by atoms with Crippen LogP contribution in [0, 0.1) is 11.2 Å². The smallest absolute Gasteiger partial charge is 0.187 e. The van der Waals surface area contributed by atoms with Crippen LogP contribution in [0.15, 0.2) is 48.7 Å². The maximum atomic E-state index is 14.1. The average Bonchev–Trinajstić information content (AvgIpc) is 3.15. The Balaban J connectivity index is 0.00000171. The number of aliphatic hydroxyl groups is 2. The molecule has 0 aliphatic rings. The molecule has 0 amide bonds. The zero-order chi connectivity index (χ0) is 20.6. The highest BCUT2D eigenvalue weighted by Crippen LogP contribution is 2.30. The maximum absolute atomic E-state index is 14.1. The Labute approximate surface area is 190 Å². The van der Waals surface area contributed by atoms with Gasteiger partial charge in [0.25, 0.3) is 0 Å². The molecule has 0 aliphatic heterocycles. The lowest BCUT2D eigenvalue weighted by Crippen LogP contribution is -2.37. The molecule has 1 aromatic carbocycles. The lowest BCUT2D eigenvalue weighted by molar-refractivity contribution is -0.0197. The Bertz CT molecular complexity index is 1190. The summed E-state index contributed by atoms with van der Waals surface area (Å²) in [4.78, 5) is 4.65. The minimum atomic E-state index is -0.965. The number of hydrogen-bond donors (Lipinski definition) is 2. The molecule has 0 aliphatic carbocycles. The molecule has 31 heavy (non-hydrogen) atoms. The molecule has 3 aromatic heterocycles. The van der Waals surface area contributed by atoms with Gasteiger partial charge in [-0.25, -0.2) is 9.37 Å². The van der Waals surface area contributed by atoms with Crippen LogP contribution < -0.4 is 4.74 Å². The zero-order valence-corrected chi connectivity index (χ0v) is 18.5. The molecule has 1 unspecified atom stereocenters. The van der Waals surface area contributed by atoms with Crippen molar-refractivity contribution in [2.24, 2.45) is 5.41 Å². The number of benzene rings is 1. The van der Waals surface area contributed by atoms with Crippen LogP contribution in [0.5, 0.6) is 5.75 Å². The van der Waals surface area contributed by atoms with Crippen LogP contribution in [0.3, 0.4) is 0 Å². The third kappa shape index (κ3) is 4.88. The molecular formula is C21H23Cl2FN4O3. The molecule has 4 aromatic rings. The van der Waals surface area contributed by atoms with E-state index in [-0.39, 0.29) is 43.8 Å². The Kier molecular flexibility index (Phi) is 7.77. The number of ether oxygens (including phenoxy) is 1. The third-order valence-electron chi connectivity index (χ3n) is 4.94. The summed E-state index contributed by atoms with van der Waals surface area (Å²) in [7, 11) is 0. The van der Waals surface area contributed by atoms with Gasteiger partial charge in [0, 0.05) is 23.1 Å². The van der Waals surface area contributed by atoms with Gasteiger partial charge in [0.2, 0.25) is 0 Å². The molecule has 0 saturated heterocycles. The zero-order valence-electron chi connectivity index (χ0n) is 16.9. The van der Waals surface area contributed by atoms with Gasteiger partial charge in [0.1, 0.15) is 22.8 Å². The van der Waals surface area contributed by atoms with Gasteiger partial charge in [-0.2, -0.15) is 0 Å². The highest BCUT2D eigenvalue weighted by Gasteiger charge is 2.28. The van der Waals surface area contributed by atoms with Crippen molar-refractivity contribution in [1.29, 1.82) is 0 Å². The lowest BCUT2D eigenvalue weighted by Gasteiger charge is -2.29. The van der Waals surface area contributed by atoms with Crippen molar-refractivity contribution in [1.82, 2.24) is 19.6 Å². The summed E-state index contributed by atoms with van der Waals surface area (Å²) in [6.07, 6.45) is 0.880. The van der Waals surface area contributed by atoms with Gasteiger partial charge < -0.3 is 14.9 Å². The summed E-state index contributed by atoms with van der Waals surface area (Å²) in [6.45, 7) is 3.21. The number of nitrogens with zero attached hydrogens (tertiary/aromatic N) is 4. The van der Waals surface area contributed by atoms with E-state index in [1.807, 2.05) is 28.8 Å². The summed E-state index contributed by atoms with van der Waals surface area (Å²) in [6, 6.07) is 11.8. The van der Waals surface area contributed by atoms with Gasteiger partial charge in [-0.3, -0.25) is 4.40 Å². The minimum Gasteiger partial charge on any atom is -0.491 e. The first-order chi connectivity index (χ1) is 13.9. The first-order valence-corrected chi connectivity index (χ1v) is 9.21. The van der Waals surface area contributed by atoms with Gasteiger partial charge in [0.05, 0.1) is 19.3 Å². The number of pyridine rings is 2. The molecule has 10 heteroatoms. The van der Waals surface area contributed by atoms with Crippen LogP contribution in [-0.2, 0) is 0 Å². The Hall–Kier alpha value is -2.52. The van der Waals surface area contributed by atoms with E-state index < -0.39 is 17.3 Å². The molecule has 166 valence electrons. The topological polar surface area (TPSA) is 92.8 Å². The Morgan fingerprint density at radius 2 is 1.90 bits per heavy atom. The van der Waals surface area contributed by atoms with Crippen LogP contribution in [0.1, 0.15) is 13.8 Å². The van der Waals surface area contributed by atoms with Crippen LogP contribution >= 0.6 is 24.8 Å². The van der Waals surface area contributed by atoms with Gasteiger partial charge >= 0.3 is 0 Å². The van der Waals surface area contributed by atoms with Gasteiger partial charge in [-0.1, -0.05) is 26.0 Å². The van der Waals surface area contributed by atoms with Crippen molar-refractivity contribution in [2.75, 3.05) is 13.2 Å². The van der Waals surface area contributed by atoms with E-state index >= 15 is 0 Å². The van der Waals surface area contributed by atoms with E-state index in [1.54, 1.807) is 26.0 Å². The van der Waals surface area contributed by atoms with Crippen LogP contribution in [0.4, 0.5) is 4.39 Å². The van der Waals surface area contributed by atoms with Crippen molar-refractivity contribution in [3.63, 3.8) is 0 Å². The van der Waals surface area contributed by atoms with Crippen LogP contribution in [0.2, 0.25) is 0 Å². The predicted molar refractivity (Wildman–Crippen MR) is 121 cm³/mol. The molecular weight excluding hydrogens is 446 g/mol. The fourth-order valence-corrected chi connectivity index (χ4v) is 3.03. The Morgan fingerprint density at radius 1 is 1.13 bits per heavy atom. The highest BCUT2D eigenvalue weighted by atomic mass is 35.5. The fourth-order valence-electron chi connectivity index (χ4n) is 3.03. The van der Waals surface area contributed by atoms with Crippen molar-refractivity contribution in [3.05, 3.63) is 54.5 Å². The van der Waals surface area contributed by atoms with Gasteiger partial charge in [0.15, 0.2) is 11.5 Å². The largest absolute Gasteiger partial charge is 0.491 e. The number of hydrogen-bond acceptors (Lipinski definition) is 6. The molecule has 0 radical (unpaired) electrons. The first-order valence-electron chi connectivity index (χ1n) is 9.21. The van der Waals surface area contributed by atoms with E-state index in [1.165, 1.54) is 12.1 Å². The first kappa shape index (κ1) is 24.7. The summed E-state index contributed by atoms with van der Waals surface area (Å²) < 4.78 is 21.7. The van der Waals surface area contributed by atoms with Gasteiger partial charge in [-0.15, -0.1) is 35.0 Å². The van der Waals surface area contributed by atoms with E-state index in [0.717, 1.165) is 0 Å². The normalized spacial score (nSPS) is 12.3. The number of aliphatic hydroxyl groups excluding tert-OH is 2. The molecule has 0 saturated carbocycles. The highest BCUT2D eigenvalue weighted by molar-refractivity contribution is 5.86. The van der Waals surface area contributed by atoms with Crippen molar-refractivity contribution >= 4 is 41.4 Å². The number of halogens is 3. The number of aromatic nitrogens is 4. The standard InChI is InChI=1S/C21H21FN4O3.2ClH/c1-21(2,17(28)11-27)12-29-16-10-14(22)9-13-6-7-15(23-19(13)16)20-25-24-18-5-3-4-8-26(18)20;;/h3-10,17,27-28H,11-12H2,1-2H3;2*1H. The predicted octanol–water partition coefficient (Wildman–Crippen LogP) is 3.69. The second-order valence-electron chi connectivity index (χ2n) is 7.60. The number of fused-ring (bicyclic) bond motifs is 2. The van der Waals surface area contributed by atoms with E-state index in [2.05, 4.69) is 15.2 Å². The summed E-state index contributed by atoms with van der Waals surface area (Å²) >= 11 is 0. The molecule has 1 atom stereocenters.